The van der Waals surface area contributed by atoms with Crippen molar-refractivity contribution in [2.24, 2.45) is 11.8 Å². The molecule has 2 N–H and O–H groups in total. The van der Waals surface area contributed by atoms with Gasteiger partial charge in [0.25, 0.3) is 0 Å². The van der Waals surface area contributed by atoms with Crippen LogP contribution in [-0.2, 0) is 4.74 Å². The minimum atomic E-state index is -0.459. The number of alkyl carbamates (subject to hydrolysis) is 1. The Hall–Kier alpha value is -0.810. The van der Waals surface area contributed by atoms with Crippen LogP contribution in [0.4, 0.5) is 4.79 Å². The maximum absolute atomic E-state index is 12.0. The average molecular weight is 342 g/mol. The molecule has 2 unspecified atom stereocenters. The van der Waals surface area contributed by atoms with Crippen LogP contribution in [0.3, 0.4) is 0 Å². The van der Waals surface area contributed by atoms with Crippen molar-refractivity contribution in [2.75, 3.05) is 26.2 Å². The average Bonchev–Trinajstić information content (AvgIpc) is 2.49. The quantitative estimate of drug-likeness (QED) is 0.746. The maximum atomic E-state index is 12.0. The van der Waals surface area contributed by atoms with E-state index in [1.807, 2.05) is 20.8 Å². The molecule has 1 heterocycles. The molecule has 1 aliphatic rings. The minimum Gasteiger partial charge on any atom is -0.444 e. The predicted molar refractivity (Wildman–Crippen MR) is 100 cm³/mol. The number of hydrogen-bond acceptors (Lipinski definition) is 4. The summed E-state index contributed by atoms with van der Waals surface area (Å²) in [7, 11) is 0. The standard InChI is InChI=1S/C19H39N3O2/c1-8-22-11-9-16(10-12-22)15(4)20-13-17(14(2)3)21-18(23)24-19(5,6)7/h14-17,20H,8-13H2,1-7H3,(H,21,23). The van der Waals surface area contributed by atoms with Crippen LogP contribution in [0.2, 0.25) is 0 Å². The number of carbonyl (C=O) groups is 1. The number of nitrogens with one attached hydrogen (secondary N) is 2. The number of rotatable bonds is 7. The summed E-state index contributed by atoms with van der Waals surface area (Å²) in [5.74, 6) is 1.08. The summed E-state index contributed by atoms with van der Waals surface area (Å²) < 4.78 is 5.38. The fraction of sp³-hybridized carbons (Fsp3) is 0.947. The fourth-order valence-electron chi connectivity index (χ4n) is 3.16. The largest absolute Gasteiger partial charge is 0.444 e. The van der Waals surface area contributed by atoms with E-state index in [0.29, 0.717) is 12.0 Å². The molecule has 1 fully saturated rings. The highest BCUT2D eigenvalue weighted by atomic mass is 16.6. The van der Waals surface area contributed by atoms with Crippen LogP contribution in [-0.4, -0.2) is 54.9 Å². The van der Waals surface area contributed by atoms with Crippen LogP contribution in [0.1, 0.15) is 61.3 Å². The number of ether oxygens (including phenoxy) is 1. The van der Waals surface area contributed by atoms with E-state index < -0.39 is 5.60 Å². The molecule has 24 heavy (non-hydrogen) atoms. The van der Waals surface area contributed by atoms with Crippen molar-refractivity contribution < 1.29 is 9.53 Å². The SMILES string of the molecule is CCN1CCC(C(C)NCC(NC(=O)OC(C)(C)C)C(C)C)CC1. The van der Waals surface area contributed by atoms with E-state index in [1.54, 1.807) is 0 Å². The predicted octanol–water partition coefficient (Wildman–Crippen LogP) is 3.25. The molecule has 0 aromatic heterocycles. The van der Waals surface area contributed by atoms with Gasteiger partial charge in [0.15, 0.2) is 0 Å². The Labute approximate surface area is 148 Å². The molecule has 0 spiro atoms. The normalized spacial score (nSPS) is 20.0. The summed E-state index contributed by atoms with van der Waals surface area (Å²) in [5.41, 5.74) is -0.459. The van der Waals surface area contributed by atoms with Crippen LogP contribution in [0.5, 0.6) is 0 Å². The van der Waals surface area contributed by atoms with Gasteiger partial charge in [0, 0.05) is 18.6 Å². The Balaban J connectivity index is 2.41. The zero-order valence-electron chi connectivity index (χ0n) is 16.8. The molecule has 0 aromatic carbocycles. The summed E-state index contributed by atoms with van der Waals surface area (Å²) >= 11 is 0. The third kappa shape index (κ3) is 7.84. The molecule has 0 bridgehead atoms. The topological polar surface area (TPSA) is 53.6 Å². The summed E-state index contributed by atoms with van der Waals surface area (Å²) in [5, 5.41) is 6.66. The Morgan fingerprint density at radius 1 is 1.21 bits per heavy atom. The molecule has 1 saturated heterocycles. The van der Waals surface area contributed by atoms with Gasteiger partial charge >= 0.3 is 6.09 Å². The van der Waals surface area contributed by atoms with Crippen molar-refractivity contribution in [3.8, 4) is 0 Å². The molecular formula is C19H39N3O2. The Bertz CT molecular complexity index is 371. The molecule has 0 saturated carbocycles. The zero-order valence-corrected chi connectivity index (χ0v) is 16.8. The van der Waals surface area contributed by atoms with Crippen molar-refractivity contribution in [1.29, 1.82) is 0 Å². The molecule has 142 valence electrons. The molecule has 0 radical (unpaired) electrons. The fourth-order valence-corrected chi connectivity index (χ4v) is 3.16. The molecule has 1 amide bonds. The number of carbonyl (C=O) groups excluding carboxylic acids is 1. The number of hydrogen-bond donors (Lipinski definition) is 2. The van der Waals surface area contributed by atoms with Crippen LogP contribution in [0.25, 0.3) is 0 Å². The van der Waals surface area contributed by atoms with Gasteiger partial charge in [-0.25, -0.2) is 4.79 Å². The molecule has 0 aromatic rings. The van der Waals surface area contributed by atoms with E-state index in [-0.39, 0.29) is 12.1 Å². The molecule has 2 atom stereocenters. The van der Waals surface area contributed by atoms with Gasteiger partial charge in [-0.15, -0.1) is 0 Å². The highest BCUT2D eigenvalue weighted by Gasteiger charge is 2.25. The van der Waals surface area contributed by atoms with E-state index in [0.717, 1.165) is 19.0 Å². The van der Waals surface area contributed by atoms with Gasteiger partial charge in [-0.2, -0.15) is 0 Å². The number of likely N-dealkylation sites (tertiary alicyclic amines) is 1. The van der Waals surface area contributed by atoms with Gasteiger partial charge in [0.2, 0.25) is 0 Å². The van der Waals surface area contributed by atoms with Gasteiger partial charge in [0.1, 0.15) is 5.60 Å². The zero-order chi connectivity index (χ0) is 18.3. The van der Waals surface area contributed by atoms with Gasteiger partial charge in [-0.05, 0) is 72.0 Å². The molecule has 0 aliphatic carbocycles. The lowest BCUT2D eigenvalue weighted by Crippen LogP contribution is -2.50. The second-order valence-corrected chi connectivity index (χ2v) is 8.47. The third-order valence-electron chi connectivity index (χ3n) is 4.95. The molecule has 1 aliphatic heterocycles. The van der Waals surface area contributed by atoms with Crippen LogP contribution in [0.15, 0.2) is 0 Å². The van der Waals surface area contributed by atoms with E-state index in [4.69, 9.17) is 4.74 Å². The van der Waals surface area contributed by atoms with E-state index >= 15 is 0 Å². The second-order valence-electron chi connectivity index (χ2n) is 8.47. The van der Waals surface area contributed by atoms with Gasteiger partial charge in [-0.3, -0.25) is 0 Å². The summed E-state index contributed by atoms with van der Waals surface area (Å²) in [6.45, 7) is 18.8. The van der Waals surface area contributed by atoms with Gasteiger partial charge in [-0.1, -0.05) is 20.8 Å². The first-order chi connectivity index (χ1) is 11.1. The van der Waals surface area contributed by atoms with E-state index in [2.05, 4.69) is 43.2 Å². The molecule has 1 rings (SSSR count). The smallest absolute Gasteiger partial charge is 0.407 e. The monoisotopic (exact) mass is 341 g/mol. The van der Waals surface area contributed by atoms with Crippen molar-refractivity contribution in [2.45, 2.75) is 79.0 Å². The highest BCUT2D eigenvalue weighted by Crippen LogP contribution is 2.20. The minimum absolute atomic E-state index is 0.0815. The maximum Gasteiger partial charge on any atom is 0.407 e. The summed E-state index contributed by atoms with van der Waals surface area (Å²) in [6.07, 6.45) is 2.19. The molecular weight excluding hydrogens is 302 g/mol. The van der Waals surface area contributed by atoms with Crippen LogP contribution in [0, 0.1) is 11.8 Å². The first-order valence-electron chi connectivity index (χ1n) is 9.57. The second kappa shape index (κ2) is 9.62. The van der Waals surface area contributed by atoms with Crippen molar-refractivity contribution in [1.82, 2.24) is 15.5 Å². The lowest BCUT2D eigenvalue weighted by atomic mass is 9.90. The number of nitrogens with zero attached hydrogens (tertiary/aromatic N) is 1. The van der Waals surface area contributed by atoms with Crippen LogP contribution >= 0.6 is 0 Å². The first kappa shape index (κ1) is 21.2. The lowest BCUT2D eigenvalue weighted by Gasteiger charge is -2.35. The molecule has 5 nitrogen and oxygen atoms in total. The highest BCUT2D eigenvalue weighted by molar-refractivity contribution is 5.68. The van der Waals surface area contributed by atoms with Crippen molar-refractivity contribution in [3.63, 3.8) is 0 Å². The Kier molecular flexibility index (Phi) is 8.51. The van der Waals surface area contributed by atoms with Crippen LogP contribution < -0.4 is 10.6 Å². The molecule has 5 heteroatoms. The number of piperidine rings is 1. The first-order valence-corrected chi connectivity index (χ1v) is 9.57. The Morgan fingerprint density at radius 2 is 1.79 bits per heavy atom. The Morgan fingerprint density at radius 3 is 2.25 bits per heavy atom. The van der Waals surface area contributed by atoms with Gasteiger partial charge in [0.05, 0.1) is 0 Å². The van der Waals surface area contributed by atoms with Crippen molar-refractivity contribution in [3.05, 3.63) is 0 Å². The third-order valence-corrected chi connectivity index (χ3v) is 4.95. The van der Waals surface area contributed by atoms with Gasteiger partial charge < -0.3 is 20.3 Å². The number of amides is 1. The summed E-state index contributed by atoms with van der Waals surface area (Å²) in [6, 6.07) is 0.559. The van der Waals surface area contributed by atoms with E-state index in [1.165, 1.54) is 25.9 Å². The van der Waals surface area contributed by atoms with Crippen molar-refractivity contribution >= 4 is 6.09 Å². The lowest BCUT2D eigenvalue weighted by molar-refractivity contribution is 0.0487. The summed E-state index contributed by atoms with van der Waals surface area (Å²) in [4.78, 5) is 14.5. The van der Waals surface area contributed by atoms with E-state index in [9.17, 15) is 4.79 Å².